The van der Waals surface area contributed by atoms with Gasteiger partial charge in [-0.3, -0.25) is 4.79 Å². The lowest BCUT2D eigenvalue weighted by Crippen LogP contribution is -2.49. The third-order valence-electron chi connectivity index (χ3n) is 4.84. The first kappa shape index (κ1) is 17.7. The van der Waals surface area contributed by atoms with Gasteiger partial charge in [-0.05, 0) is 31.4 Å². The fourth-order valence-corrected chi connectivity index (χ4v) is 6.14. The summed E-state index contributed by atoms with van der Waals surface area (Å²) in [5.41, 5.74) is 0. The van der Waals surface area contributed by atoms with Gasteiger partial charge in [0.15, 0.2) is 9.84 Å². The lowest BCUT2D eigenvalue weighted by atomic mass is 9.93. The van der Waals surface area contributed by atoms with Gasteiger partial charge in [0, 0.05) is 18.3 Å². The number of thioether (sulfide) groups is 1. The Bertz CT molecular complexity index is 658. The van der Waals surface area contributed by atoms with Crippen molar-refractivity contribution < 1.29 is 13.2 Å². The van der Waals surface area contributed by atoms with Crippen LogP contribution >= 0.6 is 11.8 Å². The van der Waals surface area contributed by atoms with Gasteiger partial charge >= 0.3 is 0 Å². The molecule has 0 aromatic carbocycles. The van der Waals surface area contributed by atoms with Crippen molar-refractivity contribution >= 4 is 27.5 Å². The van der Waals surface area contributed by atoms with E-state index in [2.05, 4.69) is 4.98 Å². The largest absolute Gasteiger partial charge is 0.335 e. The van der Waals surface area contributed by atoms with Gasteiger partial charge in [0.2, 0.25) is 5.91 Å². The highest BCUT2D eigenvalue weighted by molar-refractivity contribution is 7.99. The van der Waals surface area contributed by atoms with E-state index in [9.17, 15) is 13.2 Å². The number of rotatable bonds is 5. The number of aromatic nitrogens is 1. The SMILES string of the molecule is O=C(CSc1ccccn1)N(C1CCCCC1)[C@@H]1CCS(=O)(=O)C1. The summed E-state index contributed by atoms with van der Waals surface area (Å²) in [5.74, 6) is 0.717. The summed E-state index contributed by atoms with van der Waals surface area (Å²) in [6.07, 6.45) is 7.76. The van der Waals surface area contributed by atoms with Crippen molar-refractivity contribution in [3.05, 3.63) is 24.4 Å². The molecule has 1 aromatic heterocycles. The van der Waals surface area contributed by atoms with Crippen molar-refractivity contribution in [1.29, 1.82) is 0 Å². The molecule has 3 rings (SSSR count). The molecule has 0 N–H and O–H groups in total. The predicted molar refractivity (Wildman–Crippen MR) is 95.7 cm³/mol. The molecule has 1 amide bonds. The highest BCUT2D eigenvalue weighted by atomic mass is 32.2. The number of pyridine rings is 1. The van der Waals surface area contributed by atoms with E-state index in [0.29, 0.717) is 12.2 Å². The van der Waals surface area contributed by atoms with Gasteiger partial charge in [0.05, 0.1) is 22.3 Å². The fraction of sp³-hybridized carbons (Fsp3) is 0.647. The second-order valence-corrected chi connectivity index (χ2v) is 9.83. The Labute approximate surface area is 148 Å². The number of carbonyl (C=O) groups excluding carboxylic acids is 1. The average Bonchev–Trinajstić information content (AvgIpc) is 2.95. The minimum absolute atomic E-state index is 0.0552. The summed E-state index contributed by atoms with van der Waals surface area (Å²) in [5, 5.41) is 0.827. The molecule has 2 aliphatic rings. The van der Waals surface area contributed by atoms with Crippen LogP contribution in [0.5, 0.6) is 0 Å². The van der Waals surface area contributed by atoms with E-state index in [4.69, 9.17) is 0 Å². The second-order valence-electron chi connectivity index (χ2n) is 6.61. The maximum atomic E-state index is 12.9. The van der Waals surface area contributed by atoms with Crippen molar-refractivity contribution in [2.45, 2.75) is 55.6 Å². The van der Waals surface area contributed by atoms with E-state index in [-0.39, 0.29) is 29.5 Å². The molecule has 0 bridgehead atoms. The Kier molecular flexibility index (Phi) is 5.81. The molecule has 132 valence electrons. The fourth-order valence-electron chi connectivity index (χ4n) is 3.70. The zero-order valence-corrected chi connectivity index (χ0v) is 15.4. The Hall–Kier alpha value is -1.08. The zero-order chi connectivity index (χ0) is 17.0. The van der Waals surface area contributed by atoms with E-state index in [1.54, 1.807) is 6.20 Å². The van der Waals surface area contributed by atoms with Crippen LogP contribution in [0, 0.1) is 0 Å². The van der Waals surface area contributed by atoms with Crippen LogP contribution in [0.1, 0.15) is 38.5 Å². The summed E-state index contributed by atoms with van der Waals surface area (Å²) in [6, 6.07) is 5.71. The van der Waals surface area contributed by atoms with Crippen LogP contribution < -0.4 is 0 Å². The van der Waals surface area contributed by atoms with Gasteiger partial charge in [0.25, 0.3) is 0 Å². The third-order valence-corrected chi connectivity index (χ3v) is 7.52. The zero-order valence-electron chi connectivity index (χ0n) is 13.8. The van der Waals surface area contributed by atoms with Gasteiger partial charge in [-0.25, -0.2) is 13.4 Å². The van der Waals surface area contributed by atoms with Crippen molar-refractivity contribution in [2.24, 2.45) is 0 Å². The summed E-state index contributed by atoms with van der Waals surface area (Å²) in [6.45, 7) is 0. The Morgan fingerprint density at radius 3 is 2.58 bits per heavy atom. The topological polar surface area (TPSA) is 67.3 Å². The van der Waals surface area contributed by atoms with Gasteiger partial charge < -0.3 is 4.90 Å². The van der Waals surface area contributed by atoms with Crippen molar-refractivity contribution in [3.63, 3.8) is 0 Å². The smallest absolute Gasteiger partial charge is 0.233 e. The number of carbonyl (C=O) groups is 1. The first-order valence-electron chi connectivity index (χ1n) is 8.60. The van der Waals surface area contributed by atoms with Crippen molar-refractivity contribution in [3.8, 4) is 0 Å². The highest BCUT2D eigenvalue weighted by Gasteiger charge is 2.38. The van der Waals surface area contributed by atoms with E-state index < -0.39 is 9.84 Å². The first-order chi connectivity index (χ1) is 11.6. The van der Waals surface area contributed by atoms with Crippen molar-refractivity contribution in [1.82, 2.24) is 9.88 Å². The minimum atomic E-state index is -2.99. The summed E-state index contributed by atoms with van der Waals surface area (Å²) in [7, 11) is -2.99. The van der Waals surface area contributed by atoms with Gasteiger partial charge in [-0.2, -0.15) is 0 Å². The van der Waals surface area contributed by atoms with Crippen LogP contribution in [-0.4, -0.2) is 53.6 Å². The molecule has 0 radical (unpaired) electrons. The molecule has 2 fully saturated rings. The molecule has 1 aliphatic carbocycles. The summed E-state index contributed by atoms with van der Waals surface area (Å²) >= 11 is 1.43. The molecule has 0 unspecified atom stereocenters. The summed E-state index contributed by atoms with van der Waals surface area (Å²) < 4.78 is 23.8. The predicted octanol–water partition coefficient (Wildman–Crippen LogP) is 2.52. The molecule has 1 aromatic rings. The molecule has 0 spiro atoms. The number of hydrogen-bond acceptors (Lipinski definition) is 5. The number of amides is 1. The standard InChI is InChI=1S/C17H24N2O3S2/c20-17(12-23-16-8-4-5-10-18-16)19(14-6-2-1-3-7-14)15-9-11-24(21,22)13-15/h4-5,8,10,14-15H,1-3,6-7,9,11-13H2/t15-/m1/s1. The summed E-state index contributed by atoms with van der Waals surface area (Å²) in [4.78, 5) is 19.1. The van der Waals surface area contributed by atoms with Gasteiger partial charge in [-0.1, -0.05) is 37.1 Å². The molecular weight excluding hydrogens is 344 g/mol. The number of hydrogen-bond donors (Lipinski definition) is 0. The quantitative estimate of drug-likeness (QED) is 0.747. The van der Waals surface area contributed by atoms with Gasteiger partial charge in [0.1, 0.15) is 0 Å². The van der Waals surface area contributed by atoms with Crippen LogP contribution in [0.4, 0.5) is 0 Å². The Morgan fingerprint density at radius 1 is 1.17 bits per heavy atom. The highest BCUT2D eigenvalue weighted by Crippen LogP contribution is 2.29. The molecular formula is C17H24N2O3S2. The number of nitrogens with zero attached hydrogens (tertiary/aromatic N) is 2. The molecule has 7 heteroatoms. The monoisotopic (exact) mass is 368 g/mol. The molecule has 1 saturated heterocycles. The first-order valence-corrected chi connectivity index (χ1v) is 11.4. The maximum Gasteiger partial charge on any atom is 0.233 e. The second kappa shape index (κ2) is 7.87. The molecule has 24 heavy (non-hydrogen) atoms. The lowest BCUT2D eigenvalue weighted by Gasteiger charge is -2.38. The lowest BCUT2D eigenvalue weighted by molar-refractivity contribution is -0.133. The normalized spacial score (nSPS) is 23.9. The Balaban J connectivity index is 1.69. The average molecular weight is 369 g/mol. The molecule has 1 aliphatic heterocycles. The maximum absolute atomic E-state index is 12.9. The van der Waals surface area contributed by atoms with Crippen LogP contribution in [0.25, 0.3) is 0 Å². The van der Waals surface area contributed by atoms with Crippen LogP contribution in [0.2, 0.25) is 0 Å². The molecule has 1 saturated carbocycles. The van der Waals surface area contributed by atoms with E-state index >= 15 is 0 Å². The van der Waals surface area contributed by atoms with E-state index in [1.165, 1.54) is 18.2 Å². The molecule has 5 nitrogen and oxygen atoms in total. The van der Waals surface area contributed by atoms with Gasteiger partial charge in [-0.15, -0.1) is 0 Å². The number of sulfone groups is 1. The molecule has 1 atom stereocenters. The minimum Gasteiger partial charge on any atom is -0.335 e. The van der Waals surface area contributed by atoms with Crippen LogP contribution in [-0.2, 0) is 14.6 Å². The van der Waals surface area contributed by atoms with Crippen LogP contribution in [0.15, 0.2) is 29.4 Å². The van der Waals surface area contributed by atoms with Crippen LogP contribution in [0.3, 0.4) is 0 Å². The van der Waals surface area contributed by atoms with E-state index in [1.807, 2.05) is 23.1 Å². The molecule has 2 heterocycles. The van der Waals surface area contributed by atoms with Crippen molar-refractivity contribution in [2.75, 3.05) is 17.3 Å². The Morgan fingerprint density at radius 2 is 1.96 bits per heavy atom. The van der Waals surface area contributed by atoms with E-state index in [0.717, 1.165) is 30.7 Å². The third kappa shape index (κ3) is 4.51.